The fraction of sp³-hybridized carbons (Fsp3) is 0.381. The summed E-state index contributed by atoms with van der Waals surface area (Å²) in [6, 6.07) is 8.71. The monoisotopic (exact) mass is 483 g/mol. The van der Waals surface area contributed by atoms with Gasteiger partial charge in [0.15, 0.2) is 0 Å². The molecule has 32 heavy (non-hydrogen) atoms. The topological polar surface area (TPSA) is 104 Å². The van der Waals surface area contributed by atoms with Crippen LogP contribution in [-0.2, 0) is 24.8 Å². The van der Waals surface area contributed by atoms with Crippen LogP contribution < -0.4 is 4.72 Å². The van der Waals surface area contributed by atoms with Crippen molar-refractivity contribution >= 4 is 26.0 Å². The summed E-state index contributed by atoms with van der Waals surface area (Å²) in [5.41, 5.74) is 1.86. The molecule has 0 aliphatic carbocycles. The Morgan fingerprint density at radius 3 is 2.19 bits per heavy atom. The highest BCUT2D eigenvalue weighted by Crippen LogP contribution is 2.21. The number of benzene rings is 2. The van der Waals surface area contributed by atoms with Gasteiger partial charge in [-0.2, -0.15) is 9.03 Å². The summed E-state index contributed by atoms with van der Waals surface area (Å²) in [5, 5.41) is 0. The fourth-order valence-corrected chi connectivity index (χ4v) is 6.24. The van der Waals surface area contributed by atoms with Crippen LogP contribution in [0.3, 0.4) is 0 Å². The SMILES string of the molecule is Cc1ccc(S(=O)(=O)N2CCN(C(=O)[C@H](C)NS(=O)(=O)c3ccccc3F)CC2)cc1C. The van der Waals surface area contributed by atoms with Crippen molar-refractivity contribution in [2.24, 2.45) is 0 Å². The molecule has 1 N–H and O–H groups in total. The van der Waals surface area contributed by atoms with Crippen molar-refractivity contribution in [3.05, 3.63) is 59.4 Å². The van der Waals surface area contributed by atoms with E-state index < -0.39 is 42.7 Å². The maximum absolute atomic E-state index is 13.9. The van der Waals surface area contributed by atoms with E-state index in [1.165, 1.54) is 28.3 Å². The van der Waals surface area contributed by atoms with Crippen LogP contribution in [0.4, 0.5) is 4.39 Å². The molecule has 0 saturated carbocycles. The molecule has 1 fully saturated rings. The maximum atomic E-state index is 13.9. The summed E-state index contributed by atoms with van der Waals surface area (Å²) in [6.45, 7) is 5.54. The molecular weight excluding hydrogens is 457 g/mol. The first kappa shape index (κ1) is 24.3. The molecule has 11 heteroatoms. The Morgan fingerprint density at radius 2 is 1.59 bits per heavy atom. The molecule has 0 unspecified atom stereocenters. The predicted octanol–water partition coefficient (Wildman–Crippen LogP) is 1.64. The Morgan fingerprint density at radius 1 is 0.969 bits per heavy atom. The average Bonchev–Trinajstić information content (AvgIpc) is 2.75. The second-order valence-electron chi connectivity index (χ2n) is 7.75. The van der Waals surface area contributed by atoms with Crippen molar-refractivity contribution in [2.45, 2.75) is 36.6 Å². The number of amides is 1. The van der Waals surface area contributed by atoms with Gasteiger partial charge in [0.05, 0.1) is 10.9 Å². The number of hydrogen-bond donors (Lipinski definition) is 1. The number of carbonyl (C=O) groups is 1. The van der Waals surface area contributed by atoms with Crippen LogP contribution >= 0.6 is 0 Å². The molecule has 2 aromatic carbocycles. The maximum Gasteiger partial charge on any atom is 0.244 e. The molecule has 2 aromatic rings. The molecule has 174 valence electrons. The first-order chi connectivity index (χ1) is 14.9. The third-order valence-corrected chi connectivity index (χ3v) is 8.96. The molecule has 0 radical (unpaired) electrons. The highest BCUT2D eigenvalue weighted by Gasteiger charge is 2.33. The highest BCUT2D eigenvalue weighted by molar-refractivity contribution is 7.89. The number of hydrogen-bond acceptors (Lipinski definition) is 5. The molecule has 0 spiro atoms. The Bertz CT molecular complexity index is 1220. The van der Waals surface area contributed by atoms with Gasteiger partial charge in [0, 0.05) is 26.2 Å². The van der Waals surface area contributed by atoms with Gasteiger partial charge in [0.25, 0.3) is 0 Å². The van der Waals surface area contributed by atoms with Gasteiger partial charge in [0.1, 0.15) is 10.7 Å². The van der Waals surface area contributed by atoms with Crippen molar-refractivity contribution in [3.63, 3.8) is 0 Å². The Balaban J connectivity index is 1.65. The third kappa shape index (κ3) is 5.01. The molecule has 3 rings (SSSR count). The Labute approximate surface area is 188 Å². The standard InChI is InChI=1S/C21H26FN3O5S2/c1-15-8-9-18(14-16(15)2)32(29,30)25-12-10-24(11-13-25)21(26)17(3)23-31(27,28)20-7-5-4-6-19(20)22/h4-9,14,17,23H,10-13H2,1-3H3/t17-/m0/s1. The van der Waals surface area contributed by atoms with E-state index in [2.05, 4.69) is 4.72 Å². The van der Waals surface area contributed by atoms with Crippen molar-refractivity contribution in [1.82, 2.24) is 13.9 Å². The van der Waals surface area contributed by atoms with Crippen LogP contribution in [0, 0.1) is 19.7 Å². The van der Waals surface area contributed by atoms with Crippen LogP contribution in [0.1, 0.15) is 18.1 Å². The number of rotatable bonds is 6. The molecule has 8 nitrogen and oxygen atoms in total. The lowest BCUT2D eigenvalue weighted by atomic mass is 10.1. The van der Waals surface area contributed by atoms with E-state index in [1.807, 2.05) is 13.8 Å². The van der Waals surface area contributed by atoms with Crippen LogP contribution in [0.15, 0.2) is 52.3 Å². The number of piperazine rings is 1. The minimum atomic E-state index is -4.23. The number of aryl methyl sites for hydroxylation is 2. The third-order valence-electron chi connectivity index (χ3n) is 5.49. The van der Waals surface area contributed by atoms with E-state index in [-0.39, 0.29) is 31.1 Å². The minimum Gasteiger partial charge on any atom is -0.339 e. The van der Waals surface area contributed by atoms with Gasteiger partial charge >= 0.3 is 0 Å². The van der Waals surface area contributed by atoms with Gasteiger partial charge in [-0.3, -0.25) is 4.79 Å². The van der Waals surface area contributed by atoms with E-state index in [1.54, 1.807) is 18.2 Å². The molecule has 1 atom stereocenters. The van der Waals surface area contributed by atoms with Gasteiger partial charge in [-0.25, -0.2) is 21.2 Å². The first-order valence-electron chi connectivity index (χ1n) is 10.1. The normalized spacial score (nSPS) is 16.7. The summed E-state index contributed by atoms with van der Waals surface area (Å²) in [6.07, 6.45) is 0. The molecule has 1 aliphatic heterocycles. The van der Waals surface area contributed by atoms with Gasteiger partial charge in [-0.15, -0.1) is 0 Å². The van der Waals surface area contributed by atoms with E-state index >= 15 is 0 Å². The number of nitrogens with one attached hydrogen (secondary N) is 1. The van der Waals surface area contributed by atoms with E-state index in [4.69, 9.17) is 0 Å². The molecule has 0 aromatic heterocycles. The van der Waals surface area contributed by atoms with Gasteiger partial charge in [-0.05, 0) is 56.2 Å². The molecule has 1 amide bonds. The summed E-state index contributed by atoms with van der Waals surface area (Å²) >= 11 is 0. The summed E-state index contributed by atoms with van der Waals surface area (Å²) in [5.74, 6) is -1.42. The lowest BCUT2D eigenvalue weighted by Gasteiger charge is -2.35. The zero-order valence-corrected chi connectivity index (χ0v) is 19.7. The quantitative estimate of drug-likeness (QED) is 0.673. The van der Waals surface area contributed by atoms with Crippen LogP contribution in [0.25, 0.3) is 0 Å². The van der Waals surface area contributed by atoms with Crippen molar-refractivity contribution in [1.29, 1.82) is 0 Å². The van der Waals surface area contributed by atoms with Crippen LogP contribution in [0.2, 0.25) is 0 Å². The Kier molecular flexibility index (Phi) is 7.03. The van der Waals surface area contributed by atoms with E-state index in [0.717, 1.165) is 23.3 Å². The molecule has 1 heterocycles. The average molecular weight is 484 g/mol. The highest BCUT2D eigenvalue weighted by atomic mass is 32.2. The molecule has 1 saturated heterocycles. The number of sulfonamides is 2. The lowest BCUT2D eigenvalue weighted by Crippen LogP contribution is -2.55. The van der Waals surface area contributed by atoms with Gasteiger partial charge < -0.3 is 4.90 Å². The Hall–Kier alpha value is -2.34. The second-order valence-corrected chi connectivity index (χ2v) is 11.4. The van der Waals surface area contributed by atoms with Crippen LogP contribution in [0.5, 0.6) is 0 Å². The number of carbonyl (C=O) groups excluding carboxylic acids is 1. The van der Waals surface area contributed by atoms with E-state index in [0.29, 0.717) is 0 Å². The minimum absolute atomic E-state index is 0.0911. The van der Waals surface area contributed by atoms with Gasteiger partial charge in [-0.1, -0.05) is 18.2 Å². The number of halogens is 1. The summed E-state index contributed by atoms with van der Waals surface area (Å²) in [7, 11) is -7.93. The first-order valence-corrected chi connectivity index (χ1v) is 13.0. The molecule has 1 aliphatic rings. The fourth-order valence-electron chi connectivity index (χ4n) is 3.46. The van der Waals surface area contributed by atoms with Crippen LogP contribution in [-0.4, -0.2) is 64.2 Å². The predicted molar refractivity (Wildman–Crippen MR) is 117 cm³/mol. The zero-order chi connectivity index (χ0) is 23.7. The van der Waals surface area contributed by atoms with E-state index in [9.17, 15) is 26.0 Å². The summed E-state index contributed by atoms with van der Waals surface area (Å²) in [4.78, 5) is 13.8. The summed E-state index contributed by atoms with van der Waals surface area (Å²) < 4.78 is 68.1. The lowest BCUT2D eigenvalue weighted by molar-refractivity contribution is -0.133. The largest absolute Gasteiger partial charge is 0.339 e. The second kappa shape index (κ2) is 9.26. The molecular formula is C21H26FN3O5S2. The van der Waals surface area contributed by atoms with Crippen molar-refractivity contribution in [3.8, 4) is 0 Å². The van der Waals surface area contributed by atoms with Crippen molar-refractivity contribution < 1.29 is 26.0 Å². The van der Waals surface area contributed by atoms with Crippen molar-refractivity contribution in [2.75, 3.05) is 26.2 Å². The zero-order valence-electron chi connectivity index (χ0n) is 18.1. The number of nitrogens with zero attached hydrogens (tertiary/aromatic N) is 2. The smallest absolute Gasteiger partial charge is 0.244 e. The van der Waals surface area contributed by atoms with Gasteiger partial charge in [0.2, 0.25) is 26.0 Å². The molecule has 0 bridgehead atoms.